The minimum atomic E-state index is -1.22. The van der Waals surface area contributed by atoms with E-state index in [4.69, 9.17) is 4.74 Å². The van der Waals surface area contributed by atoms with Crippen molar-refractivity contribution in [3.05, 3.63) is 59.2 Å². The summed E-state index contributed by atoms with van der Waals surface area (Å²) in [6.07, 6.45) is 6.20. The summed E-state index contributed by atoms with van der Waals surface area (Å²) < 4.78 is 4.74. The topological polar surface area (TPSA) is 66.0 Å². The molecule has 1 aliphatic rings. The maximum absolute atomic E-state index is 10.5. The van der Waals surface area contributed by atoms with Gasteiger partial charge >= 0.3 is 0 Å². The third kappa shape index (κ3) is 7.77. The van der Waals surface area contributed by atoms with E-state index in [9.17, 15) is 9.90 Å². The van der Waals surface area contributed by atoms with Crippen molar-refractivity contribution in [1.82, 2.24) is 0 Å². The number of allylic oxidation sites excluding steroid dienone is 2. The van der Waals surface area contributed by atoms with E-state index in [0.717, 1.165) is 6.54 Å². The fourth-order valence-corrected chi connectivity index (χ4v) is 2.32. The quantitative estimate of drug-likeness (QED) is 0.856. The maximum atomic E-state index is 10.5. The minimum absolute atomic E-state index is 0.597. The van der Waals surface area contributed by atoms with Gasteiger partial charge < -0.3 is 20.0 Å². The first-order chi connectivity index (χ1) is 11.0. The number of methoxy groups -OCH3 is 1. The second-order valence-corrected chi connectivity index (χ2v) is 5.71. The first-order valence-electron chi connectivity index (χ1n) is 7.96. The van der Waals surface area contributed by atoms with Crippen molar-refractivity contribution < 1.29 is 20.0 Å². The molecule has 0 radical (unpaired) electrons. The van der Waals surface area contributed by atoms with Crippen LogP contribution in [-0.2, 0) is 9.53 Å². The molecule has 1 aromatic carbocycles. The average Bonchev–Trinajstić information content (AvgIpc) is 2.62. The Labute approximate surface area is 138 Å². The smallest absolute Gasteiger partial charge is 0.121 e. The highest BCUT2D eigenvalue weighted by Gasteiger charge is 2.09. The lowest BCUT2D eigenvalue weighted by molar-refractivity contribution is -0.638. The highest BCUT2D eigenvalue weighted by Crippen LogP contribution is 2.14. The van der Waals surface area contributed by atoms with Crippen LogP contribution in [0.25, 0.3) is 0 Å². The van der Waals surface area contributed by atoms with Gasteiger partial charge in [-0.3, -0.25) is 0 Å². The van der Waals surface area contributed by atoms with Crippen molar-refractivity contribution in [1.29, 1.82) is 0 Å². The highest BCUT2D eigenvalue weighted by atomic mass is 16.5. The first-order valence-corrected chi connectivity index (χ1v) is 7.96. The molecule has 0 saturated heterocycles. The Morgan fingerprint density at radius 1 is 1.17 bits per heavy atom. The lowest BCUT2D eigenvalue weighted by Gasteiger charge is -2.15. The molecule has 23 heavy (non-hydrogen) atoms. The minimum Gasteiger partial charge on any atom is -0.547 e. The molecule has 0 bridgehead atoms. The van der Waals surface area contributed by atoms with Gasteiger partial charge in [-0.15, -0.1) is 0 Å². The number of nitrogens with two attached hydrogens (primary N) is 1. The second-order valence-electron chi connectivity index (χ2n) is 5.71. The molecule has 1 aliphatic heterocycles. The van der Waals surface area contributed by atoms with Crippen molar-refractivity contribution in [2.45, 2.75) is 32.8 Å². The zero-order valence-corrected chi connectivity index (χ0v) is 14.2. The fraction of sp³-hybridized carbons (Fsp3) is 0.421. The Bertz CT molecular complexity index is 535. The van der Waals surface area contributed by atoms with Gasteiger partial charge in [-0.2, -0.15) is 0 Å². The zero-order chi connectivity index (χ0) is 17.1. The molecule has 0 unspecified atom stereocenters. The summed E-state index contributed by atoms with van der Waals surface area (Å²) in [7, 11) is 1.34. The monoisotopic (exact) mass is 317 g/mol. The van der Waals surface area contributed by atoms with Gasteiger partial charge in [0, 0.05) is 7.11 Å². The molecule has 0 aromatic heterocycles. The molecule has 2 rings (SSSR count). The Balaban J connectivity index is 0.000000231. The number of ether oxygens (including phenoxy) is 1. The third-order valence-corrected chi connectivity index (χ3v) is 3.68. The van der Waals surface area contributed by atoms with Crippen LogP contribution in [0.4, 0.5) is 0 Å². The van der Waals surface area contributed by atoms with Gasteiger partial charge in [0.1, 0.15) is 6.10 Å². The van der Waals surface area contributed by atoms with Crippen LogP contribution >= 0.6 is 0 Å². The number of hydrogen-bond acceptors (Lipinski definition) is 3. The Morgan fingerprint density at radius 3 is 2.48 bits per heavy atom. The first kappa shape index (κ1) is 19.1. The Kier molecular flexibility index (Phi) is 8.95. The fourth-order valence-electron chi connectivity index (χ4n) is 2.32. The Morgan fingerprint density at radius 2 is 1.87 bits per heavy atom. The number of carbonyl (C=O) groups is 1. The molecule has 0 amide bonds. The van der Waals surface area contributed by atoms with Gasteiger partial charge in [0.25, 0.3) is 0 Å². The van der Waals surface area contributed by atoms with E-state index < -0.39 is 12.1 Å². The molecule has 126 valence electrons. The van der Waals surface area contributed by atoms with Crippen LogP contribution in [0.15, 0.2) is 53.6 Å². The van der Waals surface area contributed by atoms with Crippen LogP contribution in [0.3, 0.4) is 0 Å². The number of benzene rings is 1. The van der Waals surface area contributed by atoms with E-state index in [1.807, 2.05) is 6.07 Å². The van der Waals surface area contributed by atoms with Crippen molar-refractivity contribution in [2.75, 3.05) is 20.2 Å². The van der Waals surface area contributed by atoms with Gasteiger partial charge in [-0.05, 0) is 43.9 Å². The van der Waals surface area contributed by atoms with Crippen molar-refractivity contribution in [3.8, 4) is 0 Å². The van der Waals surface area contributed by atoms with Gasteiger partial charge in [-0.25, -0.2) is 0 Å². The summed E-state index contributed by atoms with van der Waals surface area (Å²) in [6.45, 7) is 6.76. The summed E-state index contributed by atoms with van der Waals surface area (Å²) in [4.78, 5) is 10.5. The van der Waals surface area contributed by atoms with Gasteiger partial charge in [0.15, 0.2) is 0 Å². The third-order valence-electron chi connectivity index (χ3n) is 3.68. The SMILES string of the molecule is C/C1=C/C[NH2+]C/C(C)=C/CC1.CO[C@H](C(=O)[O-])c1ccccc1. The molecule has 4 nitrogen and oxygen atoms in total. The molecule has 1 aromatic rings. The van der Waals surface area contributed by atoms with Gasteiger partial charge in [0.2, 0.25) is 0 Å². The summed E-state index contributed by atoms with van der Waals surface area (Å²) in [5.74, 6) is -1.22. The Hall–Kier alpha value is -1.91. The molecule has 0 aliphatic carbocycles. The van der Waals surface area contributed by atoms with Crippen LogP contribution in [-0.4, -0.2) is 26.2 Å². The van der Waals surface area contributed by atoms with Crippen molar-refractivity contribution in [3.63, 3.8) is 0 Å². The van der Waals surface area contributed by atoms with E-state index in [2.05, 4.69) is 31.3 Å². The van der Waals surface area contributed by atoms with Crippen LogP contribution in [0, 0.1) is 0 Å². The van der Waals surface area contributed by atoms with E-state index in [0.29, 0.717) is 5.56 Å². The second kappa shape index (κ2) is 10.8. The number of hydrogen-bond donors (Lipinski definition) is 1. The number of aliphatic carboxylic acids is 1. The summed E-state index contributed by atoms with van der Waals surface area (Å²) >= 11 is 0. The molecule has 4 heteroatoms. The molecule has 0 fully saturated rings. The molecular weight excluding hydrogens is 290 g/mol. The molecular formula is C19H27NO3. The number of carboxylic acids is 1. The van der Waals surface area contributed by atoms with Crippen LogP contribution in [0.1, 0.15) is 38.4 Å². The number of carbonyl (C=O) groups excluding carboxylic acids is 1. The zero-order valence-electron chi connectivity index (χ0n) is 14.2. The van der Waals surface area contributed by atoms with E-state index in [1.54, 1.807) is 24.3 Å². The number of carboxylic acid groups (broad SMARTS) is 1. The molecule has 1 atom stereocenters. The van der Waals surface area contributed by atoms with Crippen molar-refractivity contribution in [2.24, 2.45) is 0 Å². The molecule has 1 heterocycles. The average molecular weight is 317 g/mol. The van der Waals surface area contributed by atoms with Crippen LogP contribution in [0.5, 0.6) is 0 Å². The van der Waals surface area contributed by atoms with Crippen LogP contribution < -0.4 is 10.4 Å². The van der Waals surface area contributed by atoms with E-state index in [1.165, 1.54) is 37.6 Å². The normalized spacial score (nSPS) is 21.0. The standard InChI is InChI=1S/C10H17N.C9H10O3/c1-9-4-3-5-10(2)8-11-7-6-9;1-12-8(9(10)11)7-5-3-2-4-6-7/h5-6,11H,3-4,7-8H2,1-2H3;2-6,8H,1H3,(H,10,11)/b9-6-,10-5+;/t;8-/m.0/s1. The predicted octanol–water partition coefficient (Wildman–Crippen LogP) is 1.36. The highest BCUT2D eigenvalue weighted by molar-refractivity contribution is 5.72. The molecule has 2 N–H and O–H groups in total. The molecule has 0 spiro atoms. The number of rotatable bonds is 3. The summed E-state index contributed by atoms with van der Waals surface area (Å²) in [5, 5.41) is 12.8. The predicted molar refractivity (Wildman–Crippen MR) is 89.6 cm³/mol. The molecule has 0 saturated carbocycles. The van der Waals surface area contributed by atoms with Gasteiger partial charge in [0.05, 0.1) is 19.1 Å². The van der Waals surface area contributed by atoms with Gasteiger partial charge in [-0.1, -0.05) is 42.0 Å². The van der Waals surface area contributed by atoms with E-state index >= 15 is 0 Å². The number of quaternary nitrogens is 1. The largest absolute Gasteiger partial charge is 0.547 e. The summed E-state index contributed by atoms with van der Waals surface area (Å²) in [5.41, 5.74) is 3.65. The summed E-state index contributed by atoms with van der Waals surface area (Å²) in [6, 6.07) is 8.69. The maximum Gasteiger partial charge on any atom is 0.121 e. The van der Waals surface area contributed by atoms with E-state index in [-0.39, 0.29) is 0 Å². The lowest BCUT2D eigenvalue weighted by Crippen LogP contribution is -2.84. The van der Waals surface area contributed by atoms with Crippen molar-refractivity contribution >= 4 is 5.97 Å². The van der Waals surface area contributed by atoms with Crippen LogP contribution in [0.2, 0.25) is 0 Å². The lowest BCUT2D eigenvalue weighted by atomic mass is 10.1.